The first-order chi connectivity index (χ1) is 16.2. The van der Waals surface area contributed by atoms with Crippen LogP contribution in [0.15, 0.2) is 48.9 Å². The first-order valence-corrected chi connectivity index (χ1v) is 12.2. The molecule has 4 aromatic rings. The van der Waals surface area contributed by atoms with Crippen molar-refractivity contribution in [1.82, 2.24) is 19.9 Å². The van der Waals surface area contributed by atoms with Crippen LogP contribution >= 0.6 is 11.3 Å². The average Bonchev–Trinajstić information content (AvgIpc) is 3.16. The maximum Gasteiger partial charge on any atom is 0.274 e. The number of fused-ring (bicyclic) bond motifs is 2. The Balaban J connectivity index is 1.05. The molecule has 0 amide bonds. The summed E-state index contributed by atoms with van der Waals surface area (Å²) < 4.78 is 20.2. The lowest BCUT2D eigenvalue weighted by Crippen LogP contribution is -2.27. The molecular weight excluding hydrogens is 437 g/mol. The summed E-state index contributed by atoms with van der Waals surface area (Å²) in [5.74, 6) is 2.25. The van der Waals surface area contributed by atoms with E-state index in [-0.39, 0.29) is 0 Å². The van der Waals surface area contributed by atoms with Gasteiger partial charge in [0, 0.05) is 43.2 Å². The Bertz CT molecular complexity index is 1260. The molecule has 4 heterocycles. The molecule has 6 rings (SSSR count). The van der Waals surface area contributed by atoms with E-state index in [1.165, 1.54) is 11.6 Å². The van der Waals surface area contributed by atoms with Crippen molar-refractivity contribution >= 4 is 27.5 Å². The molecule has 0 bridgehead atoms. The van der Waals surface area contributed by atoms with E-state index in [1.807, 2.05) is 24.5 Å². The van der Waals surface area contributed by atoms with Crippen molar-refractivity contribution in [2.24, 2.45) is 17.8 Å². The number of pyridine rings is 1. The molecule has 33 heavy (non-hydrogen) atoms. The van der Waals surface area contributed by atoms with Crippen molar-refractivity contribution < 1.29 is 9.13 Å². The number of thiazole rings is 1. The molecule has 1 aromatic carbocycles. The highest BCUT2D eigenvalue weighted by molar-refractivity contribution is 7.20. The van der Waals surface area contributed by atoms with Crippen LogP contribution in [0.4, 0.5) is 10.3 Å². The van der Waals surface area contributed by atoms with Gasteiger partial charge in [-0.15, -0.1) is 0 Å². The lowest BCUT2D eigenvalue weighted by molar-refractivity contribution is 0.282. The quantitative estimate of drug-likeness (QED) is 0.361. The van der Waals surface area contributed by atoms with Gasteiger partial charge >= 0.3 is 0 Å². The van der Waals surface area contributed by atoms with Gasteiger partial charge in [0.1, 0.15) is 0 Å². The Morgan fingerprint density at radius 3 is 2.55 bits per heavy atom. The van der Waals surface area contributed by atoms with Crippen LogP contribution in [0, 0.1) is 23.7 Å². The van der Waals surface area contributed by atoms with E-state index < -0.39 is 5.95 Å². The number of aryl methyl sites for hydroxylation is 1. The Labute approximate surface area is 195 Å². The SMILES string of the molecule is CCCc1cnc(N2C[C@@H]3[C@@H](COc4nc5ccc(-c6ccc(F)nc6)cc5s4)[C@@H]3C2)nc1. The fourth-order valence-corrected chi connectivity index (χ4v) is 5.71. The monoisotopic (exact) mass is 461 g/mol. The third-order valence-electron chi connectivity index (χ3n) is 6.71. The number of nitrogens with zero attached hydrogens (tertiary/aromatic N) is 5. The minimum atomic E-state index is -0.473. The van der Waals surface area contributed by atoms with Gasteiger partial charge < -0.3 is 9.64 Å². The Morgan fingerprint density at radius 1 is 1.03 bits per heavy atom. The molecule has 6 nitrogen and oxygen atoms in total. The van der Waals surface area contributed by atoms with Crippen molar-refractivity contribution in [3.8, 4) is 16.3 Å². The van der Waals surface area contributed by atoms with E-state index in [2.05, 4.69) is 37.8 Å². The van der Waals surface area contributed by atoms with Crippen molar-refractivity contribution in [2.45, 2.75) is 19.8 Å². The number of rotatable bonds is 7. The van der Waals surface area contributed by atoms with Gasteiger partial charge in [-0.25, -0.2) is 19.9 Å². The molecule has 2 fully saturated rings. The Kier molecular flexibility index (Phi) is 5.17. The van der Waals surface area contributed by atoms with Gasteiger partial charge in [0.25, 0.3) is 5.19 Å². The minimum Gasteiger partial charge on any atom is -0.470 e. The number of hydrogen-bond acceptors (Lipinski definition) is 7. The molecule has 0 radical (unpaired) electrons. The fraction of sp³-hybridized carbons (Fsp3) is 0.360. The number of aromatic nitrogens is 4. The molecule has 168 valence electrons. The summed E-state index contributed by atoms with van der Waals surface area (Å²) in [5, 5.41) is 0.705. The number of anilines is 1. The Hall–Kier alpha value is -3.13. The number of piperidine rings is 1. The zero-order valence-corrected chi connectivity index (χ0v) is 19.1. The highest BCUT2D eigenvalue weighted by atomic mass is 32.1. The fourth-order valence-electron chi connectivity index (χ4n) is 4.85. The van der Waals surface area contributed by atoms with Gasteiger partial charge in [-0.3, -0.25) is 0 Å². The van der Waals surface area contributed by atoms with Crippen LogP contribution in [0.1, 0.15) is 18.9 Å². The number of hydrogen-bond donors (Lipinski definition) is 0. The van der Waals surface area contributed by atoms with E-state index >= 15 is 0 Å². The molecule has 8 heteroatoms. The first-order valence-electron chi connectivity index (χ1n) is 11.4. The normalized spacial score (nSPS) is 21.4. The molecular formula is C25H24FN5OS. The topological polar surface area (TPSA) is 64.0 Å². The largest absolute Gasteiger partial charge is 0.470 e. The summed E-state index contributed by atoms with van der Waals surface area (Å²) >= 11 is 1.55. The van der Waals surface area contributed by atoms with Gasteiger partial charge in [-0.05, 0) is 53.6 Å². The van der Waals surface area contributed by atoms with Crippen LogP contribution < -0.4 is 9.64 Å². The van der Waals surface area contributed by atoms with Crippen LogP contribution in [0.25, 0.3) is 21.3 Å². The Morgan fingerprint density at radius 2 is 1.82 bits per heavy atom. The summed E-state index contributed by atoms with van der Waals surface area (Å²) in [6.45, 7) is 4.87. The summed E-state index contributed by atoms with van der Waals surface area (Å²) in [6.07, 6.45) is 7.61. The van der Waals surface area contributed by atoms with Crippen LogP contribution in [0.3, 0.4) is 0 Å². The van der Waals surface area contributed by atoms with Crippen LogP contribution in [-0.4, -0.2) is 39.6 Å². The number of halogens is 1. The third kappa shape index (κ3) is 4.04. The molecule has 0 N–H and O–H groups in total. The average molecular weight is 462 g/mol. The number of ether oxygens (including phenoxy) is 1. The summed E-state index contributed by atoms with van der Waals surface area (Å²) in [4.78, 5) is 19.8. The summed E-state index contributed by atoms with van der Waals surface area (Å²) in [7, 11) is 0. The van der Waals surface area contributed by atoms with E-state index in [4.69, 9.17) is 4.74 Å². The second kappa shape index (κ2) is 8.33. The molecule has 3 aromatic heterocycles. The van der Waals surface area contributed by atoms with Crippen molar-refractivity contribution in [2.75, 3.05) is 24.6 Å². The molecule has 1 aliphatic heterocycles. The first kappa shape index (κ1) is 20.5. The van der Waals surface area contributed by atoms with E-state index in [0.29, 0.717) is 29.6 Å². The second-order valence-electron chi connectivity index (χ2n) is 8.88. The van der Waals surface area contributed by atoms with Gasteiger partial charge in [0.05, 0.1) is 16.8 Å². The standard InChI is InChI=1S/C25H24FN5OS/c1-2-3-15-9-28-24(29-10-15)31-12-18-19(13-31)20(18)14-32-25-30-21-6-4-16(8-22(21)33-25)17-5-7-23(26)27-11-17/h4-11,18-20H,2-3,12-14H2,1H3/t18-,19+,20+. The van der Waals surface area contributed by atoms with E-state index in [0.717, 1.165) is 53.2 Å². The smallest absolute Gasteiger partial charge is 0.274 e. The van der Waals surface area contributed by atoms with Gasteiger partial charge in [-0.2, -0.15) is 4.39 Å². The maximum atomic E-state index is 13.1. The van der Waals surface area contributed by atoms with E-state index in [1.54, 1.807) is 23.6 Å². The van der Waals surface area contributed by atoms with Crippen LogP contribution in [0.5, 0.6) is 5.19 Å². The van der Waals surface area contributed by atoms with Gasteiger partial charge in [-0.1, -0.05) is 30.7 Å². The zero-order valence-electron chi connectivity index (χ0n) is 18.3. The molecule has 0 spiro atoms. The molecule has 1 saturated carbocycles. The third-order valence-corrected chi connectivity index (χ3v) is 7.64. The van der Waals surface area contributed by atoms with Gasteiger partial charge in [0.15, 0.2) is 0 Å². The highest BCUT2D eigenvalue weighted by Crippen LogP contribution is 2.52. The second-order valence-corrected chi connectivity index (χ2v) is 9.87. The lowest BCUT2D eigenvalue weighted by Gasteiger charge is -2.19. The molecule has 1 aliphatic carbocycles. The molecule has 0 unspecified atom stereocenters. The zero-order chi connectivity index (χ0) is 22.4. The predicted molar refractivity (Wildman–Crippen MR) is 127 cm³/mol. The predicted octanol–water partition coefficient (Wildman–Crippen LogP) is 5.00. The maximum absolute atomic E-state index is 13.1. The van der Waals surface area contributed by atoms with E-state index in [9.17, 15) is 4.39 Å². The van der Waals surface area contributed by atoms with Crippen LogP contribution in [-0.2, 0) is 6.42 Å². The molecule has 1 saturated heterocycles. The highest BCUT2D eigenvalue weighted by Gasteiger charge is 2.56. The van der Waals surface area contributed by atoms with Crippen LogP contribution in [0.2, 0.25) is 0 Å². The van der Waals surface area contributed by atoms with Crippen molar-refractivity contribution in [1.29, 1.82) is 0 Å². The molecule has 3 atom stereocenters. The minimum absolute atomic E-state index is 0.473. The van der Waals surface area contributed by atoms with Crippen molar-refractivity contribution in [3.05, 3.63) is 60.4 Å². The lowest BCUT2D eigenvalue weighted by atomic mass is 10.1. The van der Waals surface area contributed by atoms with Gasteiger partial charge in [0.2, 0.25) is 11.9 Å². The number of benzene rings is 1. The van der Waals surface area contributed by atoms with Crippen molar-refractivity contribution in [3.63, 3.8) is 0 Å². The summed E-state index contributed by atoms with van der Waals surface area (Å²) in [5.41, 5.74) is 3.99. The summed E-state index contributed by atoms with van der Waals surface area (Å²) in [6, 6.07) is 9.14. The molecule has 2 aliphatic rings.